The van der Waals surface area contributed by atoms with Gasteiger partial charge in [-0.15, -0.1) is 0 Å². The largest absolute Gasteiger partial charge is 0.0722 e. The van der Waals surface area contributed by atoms with Crippen LogP contribution in [-0.4, -0.2) is 0 Å². The van der Waals surface area contributed by atoms with Crippen molar-refractivity contribution in [3.8, 4) is 22.3 Å². The minimum atomic E-state index is -0.373. The van der Waals surface area contributed by atoms with Gasteiger partial charge in [-0.25, -0.2) is 0 Å². The molecule has 0 heteroatoms. The Morgan fingerprint density at radius 1 is 0.350 bits per heavy atom. The Kier molecular flexibility index (Phi) is 4.27. The van der Waals surface area contributed by atoms with Crippen LogP contribution in [0, 0.1) is 0 Å². The zero-order valence-electron chi connectivity index (χ0n) is 22.5. The van der Waals surface area contributed by atoms with E-state index in [1.165, 1.54) is 72.3 Å². The second-order valence-corrected chi connectivity index (χ2v) is 11.4. The van der Waals surface area contributed by atoms with Gasteiger partial charge in [-0.05, 0) is 78.7 Å². The minimum absolute atomic E-state index is 0.372. The van der Waals surface area contributed by atoms with Crippen LogP contribution in [-0.2, 0) is 17.3 Å². The number of hydrogen-bond acceptors (Lipinski definition) is 0. The molecule has 0 bridgehead atoms. The molecule has 0 saturated carbocycles. The van der Waals surface area contributed by atoms with Crippen molar-refractivity contribution < 1.29 is 0 Å². The van der Waals surface area contributed by atoms with Crippen LogP contribution < -0.4 is 0 Å². The molecule has 0 unspecified atom stereocenters. The lowest BCUT2D eigenvalue weighted by Crippen LogP contribution is -2.44. The molecule has 40 heavy (non-hydrogen) atoms. The fraction of sp³-hybridized carbons (Fsp3) is 0.100. The highest BCUT2D eigenvalue weighted by Gasteiger charge is 2.59. The number of aryl methyl sites for hydroxylation is 1. The second-order valence-electron chi connectivity index (χ2n) is 11.4. The summed E-state index contributed by atoms with van der Waals surface area (Å²) in [7, 11) is 0. The number of rotatable bonds is 1. The van der Waals surface area contributed by atoms with Crippen molar-refractivity contribution in [2.45, 2.75) is 24.2 Å². The maximum Gasteiger partial charge on any atom is 0.0722 e. The lowest BCUT2D eigenvalue weighted by Gasteiger charge is -2.49. The summed E-state index contributed by atoms with van der Waals surface area (Å²) in [6, 6.07) is 53.0. The highest BCUT2D eigenvalue weighted by molar-refractivity contribution is 5.93. The average molecular weight is 509 g/mol. The molecule has 0 heterocycles. The summed E-state index contributed by atoms with van der Waals surface area (Å²) in [6.45, 7) is 2.32. The molecule has 3 aliphatic carbocycles. The first-order valence-electron chi connectivity index (χ1n) is 14.4. The molecule has 0 radical (unpaired) electrons. The van der Waals surface area contributed by atoms with E-state index in [1.807, 2.05) is 0 Å². The highest BCUT2D eigenvalue weighted by Crippen LogP contribution is 2.67. The summed E-state index contributed by atoms with van der Waals surface area (Å²) in [5, 5.41) is 0. The molecule has 0 N–H and O–H groups in total. The van der Waals surface area contributed by atoms with Gasteiger partial charge in [0, 0.05) is 0 Å². The van der Waals surface area contributed by atoms with E-state index in [1.54, 1.807) is 0 Å². The van der Waals surface area contributed by atoms with E-state index in [2.05, 4.69) is 146 Å². The molecule has 0 atom stereocenters. The molecule has 0 amide bonds. The van der Waals surface area contributed by atoms with Crippen LogP contribution in [0.2, 0.25) is 0 Å². The lowest BCUT2D eigenvalue weighted by atomic mass is 9.51. The van der Waals surface area contributed by atoms with E-state index in [9.17, 15) is 0 Å². The molecule has 6 aromatic rings. The van der Waals surface area contributed by atoms with Gasteiger partial charge in [0.05, 0.1) is 10.8 Å². The van der Waals surface area contributed by atoms with Crippen molar-refractivity contribution in [3.63, 3.8) is 0 Å². The molecule has 2 spiro atoms. The Bertz CT molecular complexity index is 1910. The van der Waals surface area contributed by atoms with Gasteiger partial charge in [-0.2, -0.15) is 0 Å². The van der Waals surface area contributed by atoms with Crippen LogP contribution in [0.1, 0.15) is 57.0 Å². The fourth-order valence-corrected chi connectivity index (χ4v) is 8.68. The van der Waals surface area contributed by atoms with Crippen LogP contribution in [0.5, 0.6) is 0 Å². The smallest absolute Gasteiger partial charge is 0.0619 e. The van der Waals surface area contributed by atoms with Crippen molar-refractivity contribution >= 4 is 0 Å². The Labute approximate surface area is 235 Å². The summed E-state index contributed by atoms with van der Waals surface area (Å²) < 4.78 is 0. The Morgan fingerprint density at radius 3 is 1.15 bits per heavy atom. The minimum Gasteiger partial charge on any atom is -0.0619 e. The first kappa shape index (κ1) is 22.2. The quantitative estimate of drug-likeness (QED) is 0.207. The van der Waals surface area contributed by atoms with Crippen molar-refractivity contribution in [2.24, 2.45) is 0 Å². The Hall–Kier alpha value is -4.68. The molecule has 0 aliphatic heterocycles. The van der Waals surface area contributed by atoms with Crippen LogP contribution >= 0.6 is 0 Å². The van der Waals surface area contributed by atoms with Gasteiger partial charge in [-0.1, -0.05) is 146 Å². The third kappa shape index (κ3) is 2.33. The predicted molar refractivity (Wildman–Crippen MR) is 164 cm³/mol. The molecular formula is C40H28. The Balaban J connectivity index is 1.56. The zero-order chi connectivity index (χ0) is 26.5. The van der Waals surface area contributed by atoms with E-state index in [0.29, 0.717) is 0 Å². The standard InChI is InChI=1S/C40H28/c1-2-26-14-13-25-37-38(26)40(33-21-9-5-17-29(33)30-18-6-10-22-34(30)40)36-24-12-11-23-35(36)39(37)31-19-7-3-15-27(31)28-16-4-8-20-32(28)39/h3-25H,2H2,1H3. The van der Waals surface area contributed by atoms with Gasteiger partial charge in [0.2, 0.25) is 0 Å². The Morgan fingerprint density at radius 2 is 0.700 bits per heavy atom. The van der Waals surface area contributed by atoms with Gasteiger partial charge in [0.1, 0.15) is 0 Å². The lowest BCUT2D eigenvalue weighted by molar-refractivity contribution is 0.626. The van der Waals surface area contributed by atoms with Crippen molar-refractivity contribution in [2.75, 3.05) is 0 Å². The van der Waals surface area contributed by atoms with Gasteiger partial charge in [0.15, 0.2) is 0 Å². The van der Waals surface area contributed by atoms with Gasteiger partial charge >= 0.3 is 0 Å². The second kappa shape index (κ2) is 7.71. The summed E-state index contributed by atoms with van der Waals surface area (Å²) in [5.74, 6) is 0. The van der Waals surface area contributed by atoms with Crippen LogP contribution in [0.15, 0.2) is 140 Å². The first-order chi connectivity index (χ1) is 19.8. The molecule has 0 aromatic heterocycles. The normalized spacial score (nSPS) is 15.6. The average Bonchev–Trinajstić information content (AvgIpc) is 3.49. The molecule has 9 rings (SSSR count). The van der Waals surface area contributed by atoms with E-state index in [0.717, 1.165) is 6.42 Å². The summed E-state index contributed by atoms with van der Waals surface area (Å²) >= 11 is 0. The molecule has 6 aromatic carbocycles. The monoisotopic (exact) mass is 508 g/mol. The number of benzene rings is 6. The summed E-state index contributed by atoms with van der Waals surface area (Å²) in [6.07, 6.45) is 0.983. The van der Waals surface area contributed by atoms with E-state index >= 15 is 0 Å². The third-order valence-corrected chi connectivity index (χ3v) is 9.95. The van der Waals surface area contributed by atoms with Gasteiger partial charge in [-0.3, -0.25) is 0 Å². The van der Waals surface area contributed by atoms with Crippen molar-refractivity contribution in [3.05, 3.63) is 190 Å². The van der Waals surface area contributed by atoms with Crippen LogP contribution in [0.4, 0.5) is 0 Å². The number of fused-ring (bicyclic) bond motifs is 16. The van der Waals surface area contributed by atoms with Crippen molar-refractivity contribution in [1.82, 2.24) is 0 Å². The maximum atomic E-state index is 2.44. The van der Waals surface area contributed by atoms with E-state index in [-0.39, 0.29) is 10.8 Å². The van der Waals surface area contributed by atoms with Crippen molar-refractivity contribution in [1.29, 1.82) is 0 Å². The maximum absolute atomic E-state index is 2.44. The molecular weight excluding hydrogens is 480 g/mol. The highest BCUT2D eigenvalue weighted by atomic mass is 14.6. The van der Waals surface area contributed by atoms with Crippen LogP contribution in [0.25, 0.3) is 22.3 Å². The molecule has 0 saturated heterocycles. The first-order valence-corrected chi connectivity index (χ1v) is 14.4. The van der Waals surface area contributed by atoms with Gasteiger partial charge < -0.3 is 0 Å². The molecule has 3 aliphatic rings. The molecule has 0 fully saturated rings. The summed E-state index contributed by atoms with van der Waals surface area (Å²) in [4.78, 5) is 0. The van der Waals surface area contributed by atoms with E-state index < -0.39 is 0 Å². The third-order valence-electron chi connectivity index (χ3n) is 9.95. The zero-order valence-corrected chi connectivity index (χ0v) is 22.5. The number of hydrogen-bond donors (Lipinski definition) is 0. The predicted octanol–water partition coefficient (Wildman–Crippen LogP) is 9.29. The van der Waals surface area contributed by atoms with Crippen LogP contribution in [0.3, 0.4) is 0 Å². The molecule has 188 valence electrons. The van der Waals surface area contributed by atoms with E-state index in [4.69, 9.17) is 0 Å². The van der Waals surface area contributed by atoms with Gasteiger partial charge in [0.25, 0.3) is 0 Å². The molecule has 0 nitrogen and oxygen atoms in total. The summed E-state index contributed by atoms with van der Waals surface area (Å²) in [5.41, 5.74) is 17.4. The SMILES string of the molecule is CCc1cccc2c1C1(c3ccccc3-c3ccccc31)c1ccccc1C21c2ccccc2-c2ccccc21. The topological polar surface area (TPSA) is 0 Å². The fourth-order valence-electron chi connectivity index (χ4n) is 8.68.